The van der Waals surface area contributed by atoms with Crippen LogP contribution in [0, 0.1) is 11.2 Å². The number of hydrogen-bond donors (Lipinski definition) is 3. The number of carboxylic acids is 1. The van der Waals surface area contributed by atoms with E-state index >= 15 is 0 Å². The maximum atomic E-state index is 14.3. The van der Waals surface area contributed by atoms with E-state index in [2.05, 4.69) is 10.6 Å². The van der Waals surface area contributed by atoms with E-state index in [-0.39, 0.29) is 47.6 Å². The van der Waals surface area contributed by atoms with Gasteiger partial charge in [-0.1, -0.05) is 49.7 Å². The van der Waals surface area contributed by atoms with Gasteiger partial charge in [0.05, 0.1) is 21.7 Å². The number of carbonyl (C=O) groups is 4. The second-order valence-electron chi connectivity index (χ2n) is 10.3. The van der Waals surface area contributed by atoms with E-state index in [1.807, 2.05) is 32.0 Å². The summed E-state index contributed by atoms with van der Waals surface area (Å²) in [6.45, 7) is 6.91. The van der Waals surface area contributed by atoms with Gasteiger partial charge in [0.1, 0.15) is 11.2 Å². The highest BCUT2D eigenvalue weighted by atomic mass is 35.5. The van der Waals surface area contributed by atoms with Crippen LogP contribution in [0.3, 0.4) is 0 Å². The predicted molar refractivity (Wildman–Crippen MR) is 138 cm³/mol. The number of aliphatic carboxylic acids is 1. The fourth-order valence-corrected chi connectivity index (χ4v) is 4.60. The third kappa shape index (κ3) is 5.46. The maximum Gasteiger partial charge on any atom is 0.309 e. The van der Waals surface area contributed by atoms with E-state index < -0.39 is 34.4 Å². The molecule has 0 aromatic heterocycles. The molecule has 198 valence electrons. The monoisotopic (exact) mass is 531 g/mol. The lowest BCUT2D eigenvalue weighted by Gasteiger charge is -2.50. The van der Waals surface area contributed by atoms with Gasteiger partial charge >= 0.3 is 5.97 Å². The lowest BCUT2D eigenvalue weighted by molar-refractivity contribution is -0.155. The number of hydrogen-bond acceptors (Lipinski definition) is 4. The molecule has 3 rings (SSSR count). The van der Waals surface area contributed by atoms with Gasteiger partial charge in [0, 0.05) is 26.6 Å². The van der Waals surface area contributed by atoms with E-state index in [1.165, 1.54) is 25.8 Å². The van der Waals surface area contributed by atoms with E-state index in [1.54, 1.807) is 6.07 Å². The quantitative estimate of drug-likeness (QED) is 0.472. The standard InChI is InChI=1S/C27H31ClFN3O5/c1-15(2)16-8-6-7-9-18(16)27(13-32(14-27)22(33)12-26(3,4)25(36)37)24(35)31-21-11-20(29)19(28)10-17(21)23(34)30-5/h6-11,15H,12-14H2,1-5H3,(H,30,34)(H,31,35)(H,36,37). The fourth-order valence-electron chi connectivity index (χ4n) is 4.43. The molecule has 0 spiro atoms. The van der Waals surface area contributed by atoms with Gasteiger partial charge in [-0.05, 0) is 43.0 Å². The van der Waals surface area contributed by atoms with Gasteiger partial charge < -0.3 is 20.6 Å². The van der Waals surface area contributed by atoms with Crippen molar-refractivity contribution >= 4 is 41.0 Å². The molecule has 1 heterocycles. The highest BCUT2D eigenvalue weighted by Crippen LogP contribution is 2.41. The zero-order chi connectivity index (χ0) is 27.7. The summed E-state index contributed by atoms with van der Waals surface area (Å²) < 4.78 is 14.3. The van der Waals surface area contributed by atoms with Gasteiger partial charge in [0.15, 0.2) is 0 Å². The van der Waals surface area contributed by atoms with E-state index in [4.69, 9.17) is 11.6 Å². The summed E-state index contributed by atoms with van der Waals surface area (Å²) in [7, 11) is 1.40. The molecule has 8 nitrogen and oxygen atoms in total. The first-order chi connectivity index (χ1) is 17.2. The summed E-state index contributed by atoms with van der Waals surface area (Å²) in [5.74, 6) is -3.30. The van der Waals surface area contributed by atoms with Crippen LogP contribution >= 0.6 is 11.6 Å². The van der Waals surface area contributed by atoms with Gasteiger partial charge in [-0.3, -0.25) is 19.2 Å². The molecule has 0 saturated carbocycles. The van der Waals surface area contributed by atoms with E-state index in [9.17, 15) is 28.7 Å². The van der Waals surface area contributed by atoms with Crippen LogP contribution in [-0.4, -0.2) is 53.8 Å². The number of rotatable bonds is 8. The summed E-state index contributed by atoms with van der Waals surface area (Å²) in [5.41, 5.74) is -0.907. The van der Waals surface area contributed by atoms with Crippen molar-refractivity contribution in [1.29, 1.82) is 0 Å². The number of halogens is 2. The summed E-state index contributed by atoms with van der Waals surface area (Å²) in [6.07, 6.45) is -0.227. The zero-order valence-corrected chi connectivity index (χ0v) is 22.2. The van der Waals surface area contributed by atoms with Crippen LogP contribution in [0.1, 0.15) is 61.5 Å². The summed E-state index contributed by atoms with van der Waals surface area (Å²) in [6, 6.07) is 9.52. The normalized spacial score (nSPS) is 14.6. The fraction of sp³-hybridized carbons (Fsp3) is 0.407. The Bertz CT molecular complexity index is 1250. The second kappa shape index (κ2) is 10.5. The minimum Gasteiger partial charge on any atom is -0.481 e. The Morgan fingerprint density at radius 1 is 1.16 bits per heavy atom. The number of nitrogens with zero attached hydrogens (tertiary/aromatic N) is 1. The third-order valence-electron chi connectivity index (χ3n) is 6.76. The molecule has 2 aromatic carbocycles. The third-order valence-corrected chi connectivity index (χ3v) is 7.05. The smallest absolute Gasteiger partial charge is 0.309 e. The van der Waals surface area contributed by atoms with Crippen LogP contribution in [0.2, 0.25) is 5.02 Å². The van der Waals surface area contributed by atoms with E-state index in [0.29, 0.717) is 5.56 Å². The zero-order valence-electron chi connectivity index (χ0n) is 21.4. The van der Waals surface area contributed by atoms with Crippen molar-refractivity contribution in [2.45, 2.75) is 45.4 Å². The average molecular weight is 532 g/mol. The van der Waals surface area contributed by atoms with Crippen LogP contribution in [0.15, 0.2) is 36.4 Å². The molecule has 1 saturated heterocycles. The number of benzene rings is 2. The Morgan fingerprint density at radius 3 is 2.35 bits per heavy atom. The van der Waals surface area contributed by atoms with Gasteiger partial charge in [0.2, 0.25) is 11.8 Å². The van der Waals surface area contributed by atoms with Gasteiger partial charge in [-0.25, -0.2) is 4.39 Å². The Labute approximate surface area is 220 Å². The van der Waals surface area contributed by atoms with Crippen LogP contribution in [-0.2, 0) is 19.8 Å². The first-order valence-corrected chi connectivity index (χ1v) is 12.2. The van der Waals surface area contributed by atoms with Crippen molar-refractivity contribution in [2.24, 2.45) is 5.41 Å². The SMILES string of the molecule is CNC(=O)c1cc(Cl)c(F)cc1NC(=O)C1(c2ccccc2C(C)C)CN(C(=O)CC(C)(C)C(=O)O)C1. The molecule has 10 heteroatoms. The predicted octanol–water partition coefficient (Wildman–Crippen LogP) is 4.18. The highest BCUT2D eigenvalue weighted by Gasteiger charge is 2.54. The van der Waals surface area contributed by atoms with Crippen molar-refractivity contribution < 1.29 is 28.7 Å². The number of likely N-dealkylation sites (tertiary alicyclic amines) is 1. The molecule has 1 fully saturated rings. The lowest BCUT2D eigenvalue weighted by atomic mass is 9.69. The van der Waals surface area contributed by atoms with Crippen molar-refractivity contribution in [3.05, 3.63) is 63.9 Å². The Morgan fingerprint density at radius 2 is 1.78 bits per heavy atom. The number of carbonyl (C=O) groups excluding carboxylic acids is 3. The van der Waals surface area contributed by atoms with Crippen molar-refractivity contribution in [3.63, 3.8) is 0 Å². The van der Waals surface area contributed by atoms with Crippen LogP contribution < -0.4 is 10.6 Å². The molecule has 2 aromatic rings. The van der Waals surface area contributed by atoms with Gasteiger partial charge in [-0.2, -0.15) is 0 Å². The van der Waals surface area contributed by atoms with E-state index in [0.717, 1.165) is 17.7 Å². The largest absolute Gasteiger partial charge is 0.481 e. The van der Waals surface area contributed by atoms with Gasteiger partial charge in [-0.15, -0.1) is 0 Å². The Kier molecular flexibility index (Phi) is 7.97. The number of anilines is 1. The van der Waals surface area contributed by atoms with Gasteiger partial charge in [0.25, 0.3) is 5.91 Å². The molecule has 0 unspecified atom stereocenters. The molecule has 0 bridgehead atoms. The van der Waals surface area contributed by atoms with Crippen molar-refractivity contribution in [1.82, 2.24) is 10.2 Å². The van der Waals surface area contributed by atoms with Crippen molar-refractivity contribution in [2.75, 3.05) is 25.5 Å². The van der Waals surface area contributed by atoms with Crippen LogP contribution in [0.5, 0.6) is 0 Å². The summed E-state index contributed by atoms with van der Waals surface area (Å²) >= 11 is 5.88. The first-order valence-electron chi connectivity index (χ1n) is 11.9. The second-order valence-corrected chi connectivity index (χ2v) is 10.7. The molecular weight excluding hydrogens is 501 g/mol. The summed E-state index contributed by atoms with van der Waals surface area (Å²) in [5, 5.41) is 14.3. The molecule has 0 aliphatic carbocycles. The first kappa shape index (κ1) is 28.1. The number of amides is 3. The molecular formula is C27H31ClFN3O5. The molecule has 3 N–H and O–H groups in total. The van der Waals surface area contributed by atoms with Crippen LogP contribution in [0.4, 0.5) is 10.1 Å². The minimum absolute atomic E-state index is 0.00246. The molecule has 3 amide bonds. The molecule has 0 radical (unpaired) electrons. The topological polar surface area (TPSA) is 116 Å². The molecule has 0 atom stereocenters. The molecule has 37 heavy (non-hydrogen) atoms. The molecule has 1 aliphatic rings. The molecule has 1 aliphatic heterocycles. The van der Waals surface area contributed by atoms with Crippen molar-refractivity contribution in [3.8, 4) is 0 Å². The summed E-state index contributed by atoms with van der Waals surface area (Å²) in [4.78, 5) is 52.2. The lowest BCUT2D eigenvalue weighted by Crippen LogP contribution is -2.67. The average Bonchev–Trinajstić information content (AvgIpc) is 2.79. The maximum absolute atomic E-state index is 14.3. The number of nitrogens with one attached hydrogen (secondary N) is 2. The highest BCUT2D eigenvalue weighted by molar-refractivity contribution is 6.31. The minimum atomic E-state index is -1.27. The Balaban J connectivity index is 2.02. The van der Waals surface area contributed by atoms with Crippen LogP contribution in [0.25, 0.3) is 0 Å². The number of carboxylic acid groups (broad SMARTS) is 1. The Hall–Kier alpha value is -3.46.